The van der Waals surface area contributed by atoms with Crippen molar-refractivity contribution in [2.75, 3.05) is 17.8 Å². The minimum Gasteiger partial charge on any atom is -0.360 e. The number of aryl methyl sites for hydroxylation is 3. The van der Waals surface area contributed by atoms with E-state index in [-0.39, 0.29) is 22.3 Å². The number of nitrogens with zero attached hydrogens (tertiary/aromatic N) is 2. The van der Waals surface area contributed by atoms with E-state index in [4.69, 9.17) is 4.52 Å². The number of benzene rings is 1. The van der Waals surface area contributed by atoms with Gasteiger partial charge >= 0.3 is 0 Å². The van der Waals surface area contributed by atoms with Gasteiger partial charge in [-0.25, -0.2) is 8.42 Å². The van der Waals surface area contributed by atoms with Crippen molar-refractivity contribution in [3.05, 3.63) is 40.8 Å². The molecule has 25 heavy (non-hydrogen) atoms. The SMILES string of the molecule is Cc1cccc(C(=O)N2CCCC2)c1NS(=O)(=O)c1c(C)noc1C. The standard InChI is InChI=1S/C17H21N3O4S/c1-11-7-6-8-14(17(21)20-9-4-5-10-20)15(11)19-25(22,23)16-12(2)18-24-13(16)3/h6-8,19H,4-5,9-10H2,1-3H3. The van der Waals surface area contributed by atoms with Gasteiger partial charge in [0.05, 0.1) is 11.3 Å². The van der Waals surface area contributed by atoms with E-state index < -0.39 is 10.0 Å². The van der Waals surface area contributed by atoms with Gasteiger partial charge in [0.15, 0.2) is 10.7 Å². The number of nitrogens with one attached hydrogen (secondary N) is 1. The van der Waals surface area contributed by atoms with Crippen LogP contribution in [0.1, 0.15) is 40.2 Å². The largest absolute Gasteiger partial charge is 0.360 e. The van der Waals surface area contributed by atoms with E-state index in [0.717, 1.165) is 12.8 Å². The van der Waals surface area contributed by atoms with Crippen LogP contribution in [0.15, 0.2) is 27.6 Å². The lowest BCUT2D eigenvalue weighted by Gasteiger charge is -2.19. The van der Waals surface area contributed by atoms with Crippen molar-refractivity contribution in [1.82, 2.24) is 10.1 Å². The van der Waals surface area contributed by atoms with Crippen molar-refractivity contribution < 1.29 is 17.7 Å². The topological polar surface area (TPSA) is 92.5 Å². The van der Waals surface area contributed by atoms with Gasteiger partial charge < -0.3 is 9.42 Å². The zero-order valence-electron chi connectivity index (χ0n) is 14.5. The number of sulfonamides is 1. The summed E-state index contributed by atoms with van der Waals surface area (Å²) < 4.78 is 33.2. The maximum Gasteiger partial charge on any atom is 0.267 e. The van der Waals surface area contributed by atoms with Gasteiger partial charge in [0.1, 0.15) is 5.69 Å². The van der Waals surface area contributed by atoms with Crippen LogP contribution in [0.2, 0.25) is 0 Å². The van der Waals surface area contributed by atoms with Gasteiger partial charge in [-0.2, -0.15) is 0 Å². The normalized spacial score (nSPS) is 14.8. The van der Waals surface area contributed by atoms with Gasteiger partial charge in [-0.05, 0) is 45.2 Å². The third kappa shape index (κ3) is 3.26. The first-order valence-electron chi connectivity index (χ1n) is 8.16. The number of para-hydroxylation sites is 1. The Morgan fingerprint density at radius 2 is 1.88 bits per heavy atom. The maximum atomic E-state index is 12.8. The lowest BCUT2D eigenvalue weighted by atomic mass is 10.1. The predicted octanol–water partition coefficient (Wildman–Crippen LogP) is 2.64. The van der Waals surface area contributed by atoms with Gasteiger partial charge in [-0.3, -0.25) is 9.52 Å². The Bertz CT molecular complexity index is 892. The Balaban J connectivity index is 2.01. The lowest BCUT2D eigenvalue weighted by molar-refractivity contribution is 0.0794. The summed E-state index contributed by atoms with van der Waals surface area (Å²) in [5.41, 5.74) is 1.63. The number of likely N-dealkylation sites (tertiary alicyclic amines) is 1. The first kappa shape index (κ1) is 17.5. The molecule has 3 rings (SSSR count). The highest BCUT2D eigenvalue weighted by Crippen LogP contribution is 2.28. The quantitative estimate of drug-likeness (QED) is 0.901. The highest BCUT2D eigenvalue weighted by molar-refractivity contribution is 7.92. The van der Waals surface area contributed by atoms with Crippen LogP contribution >= 0.6 is 0 Å². The fourth-order valence-corrected chi connectivity index (χ4v) is 4.60. The van der Waals surface area contributed by atoms with Crippen molar-refractivity contribution in [3.8, 4) is 0 Å². The van der Waals surface area contributed by atoms with E-state index in [9.17, 15) is 13.2 Å². The summed E-state index contributed by atoms with van der Waals surface area (Å²) in [6.07, 6.45) is 1.94. The average molecular weight is 363 g/mol. The van der Waals surface area contributed by atoms with Crippen LogP contribution in [-0.2, 0) is 10.0 Å². The van der Waals surface area contributed by atoms with Crippen molar-refractivity contribution in [2.24, 2.45) is 0 Å². The van der Waals surface area contributed by atoms with E-state index >= 15 is 0 Å². The third-order valence-corrected chi connectivity index (χ3v) is 5.96. The molecule has 0 unspecified atom stereocenters. The molecule has 0 aliphatic carbocycles. The molecule has 8 heteroatoms. The van der Waals surface area contributed by atoms with Crippen LogP contribution in [0.4, 0.5) is 5.69 Å². The molecule has 0 saturated carbocycles. The zero-order chi connectivity index (χ0) is 18.2. The summed E-state index contributed by atoms with van der Waals surface area (Å²) in [6, 6.07) is 5.18. The smallest absolute Gasteiger partial charge is 0.267 e. The second-order valence-electron chi connectivity index (χ2n) is 6.26. The molecule has 0 bridgehead atoms. The maximum absolute atomic E-state index is 12.8. The molecule has 7 nitrogen and oxygen atoms in total. The molecule has 2 aromatic rings. The van der Waals surface area contributed by atoms with E-state index in [2.05, 4.69) is 9.88 Å². The predicted molar refractivity (Wildman–Crippen MR) is 93.1 cm³/mol. The van der Waals surface area contributed by atoms with E-state index in [1.54, 1.807) is 43.9 Å². The fraction of sp³-hybridized carbons (Fsp3) is 0.412. The first-order valence-corrected chi connectivity index (χ1v) is 9.64. The Morgan fingerprint density at radius 3 is 2.48 bits per heavy atom. The van der Waals surface area contributed by atoms with E-state index in [0.29, 0.717) is 29.9 Å². The molecule has 1 aliphatic heterocycles. The number of carbonyl (C=O) groups excluding carboxylic acids is 1. The van der Waals surface area contributed by atoms with E-state index in [1.807, 2.05) is 0 Å². The minimum absolute atomic E-state index is 0.00956. The Kier molecular flexibility index (Phi) is 4.55. The van der Waals surface area contributed by atoms with Crippen molar-refractivity contribution in [3.63, 3.8) is 0 Å². The van der Waals surface area contributed by atoms with Crippen LogP contribution in [0, 0.1) is 20.8 Å². The Labute approximate surface area is 147 Å². The van der Waals surface area contributed by atoms with E-state index in [1.165, 1.54) is 0 Å². The monoisotopic (exact) mass is 363 g/mol. The number of carbonyl (C=O) groups is 1. The molecule has 1 fully saturated rings. The second kappa shape index (κ2) is 6.51. The van der Waals surface area contributed by atoms with Crippen LogP contribution in [0.25, 0.3) is 0 Å². The number of amides is 1. The molecular formula is C17H21N3O4S. The number of rotatable bonds is 4. The second-order valence-corrected chi connectivity index (χ2v) is 7.87. The molecular weight excluding hydrogens is 342 g/mol. The van der Waals surface area contributed by atoms with Gasteiger partial charge in [0.2, 0.25) is 0 Å². The Morgan fingerprint density at radius 1 is 1.20 bits per heavy atom. The number of hydrogen-bond donors (Lipinski definition) is 1. The molecule has 1 aromatic heterocycles. The summed E-state index contributed by atoms with van der Waals surface area (Å²) in [5, 5.41) is 3.70. The summed E-state index contributed by atoms with van der Waals surface area (Å²) >= 11 is 0. The first-order chi connectivity index (χ1) is 11.8. The van der Waals surface area contributed by atoms with Gasteiger partial charge in [0.25, 0.3) is 15.9 Å². The molecule has 2 heterocycles. The highest BCUT2D eigenvalue weighted by Gasteiger charge is 2.28. The molecule has 0 spiro atoms. The number of anilines is 1. The fourth-order valence-electron chi connectivity index (χ4n) is 3.12. The average Bonchev–Trinajstić information content (AvgIpc) is 3.19. The molecule has 1 aliphatic rings. The van der Waals surface area contributed by atoms with Crippen molar-refractivity contribution in [1.29, 1.82) is 0 Å². The minimum atomic E-state index is -3.91. The molecule has 0 atom stereocenters. The summed E-state index contributed by atoms with van der Waals surface area (Å²) in [4.78, 5) is 14.5. The third-order valence-electron chi connectivity index (χ3n) is 4.37. The molecule has 1 amide bonds. The molecule has 1 saturated heterocycles. The van der Waals surface area contributed by atoms with Crippen molar-refractivity contribution >= 4 is 21.6 Å². The Hall–Kier alpha value is -2.35. The summed E-state index contributed by atoms with van der Waals surface area (Å²) in [7, 11) is -3.91. The number of hydrogen-bond acceptors (Lipinski definition) is 5. The van der Waals surface area contributed by atoms with Crippen LogP contribution in [0.5, 0.6) is 0 Å². The van der Waals surface area contributed by atoms with Crippen LogP contribution in [0.3, 0.4) is 0 Å². The van der Waals surface area contributed by atoms with Gasteiger partial charge in [-0.1, -0.05) is 17.3 Å². The van der Waals surface area contributed by atoms with Crippen molar-refractivity contribution in [2.45, 2.75) is 38.5 Å². The van der Waals surface area contributed by atoms with Gasteiger partial charge in [-0.15, -0.1) is 0 Å². The summed E-state index contributed by atoms with van der Waals surface area (Å²) in [5.74, 6) is 0.0590. The lowest BCUT2D eigenvalue weighted by Crippen LogP contribution is -2.29. The highest BCUT2D eigenvalue weighted by atomic mass is 32.2. The zero-order valence-corrected chi connectivity index (χ0v) is 15.3. The van der Waals surface area contributed by atoms with Crippen LogP contribution < -0.4 is 4.72 Å². The van der Waals surface area contributed by atoms with Gasteiger partial charge in [0, 0.05) is 13.1 Å². The van der Waals surface area contributed by atoms with Crippen LogP contribution in [-0.4, -0.2) is 37.5 Å². The summed E-state index contributed by atoms with van der Waals surface area (Å²) in [6.45, 7) is 6.28. The molecule has 134 valence electrons. The molecule has 1 aromatic carbocycles. The molecule has 1 N–H and O–H groups in total. The molecule has 0 radical (unpaired) electrons. The number of aromatic nitrogens is 1.